The van der Waals surface area contributed by atoms with Crippen molar-refractivity contribution in [3.8, 4) is 11.8 Å². The summed E-state index contributed by atoms with van der Waals surface area (Å²) in [6.07, 6.45) is 4.16. The molecule has 2 unspecified atom stereocenters. The fourth-order valence-electron chi connectivity index (χ4n) is 5.53. The summed E-state index contributed by atoms with van der Waals surface area (Å²) < 4.78 is 20.0. The Labute approximate surface area is 193 Å². The van der Waals surface area contributed by atoms with Gasteiger partial charge < -0.3 is 14.5 Å². The molecule has 7 nitrogen and oxygen atoms in total. The molecule has 1 aromatic carbocycles. The van der Waals surface area contributed by atoms with Crippen LogP contribution < -0.4 is 15.0 Å². The number of fused-ring (bicyclic) bond motifs is 2. The lowest BCUT2D eigenvalue weighted by Gasteiger charge is -2.42. The number of piperazine rings is 1. The number of amides is 1. The Hall–Kier alpha value is -3.18. The highest BCUT2D eigenvalue weighted by Gasteiger charge is 2.49. The molecule has 0 spiro atoms. The van der Waals surface area contributed by atoms with Gasteiger partial charge in [-0.25, -0.2) is 9.37 Å². The predicted molar refractivity (Wildman–Crippen MR) is 121 cm³/mol. The molecular formula is C25H28FN5O2. The van der Waals surface area contributed by atoms with Crippen molar-refractivity contribution in [2.24, 2.45) is 5.92 Å². The summed E-state index contributed by atoms with van der Waals surface area (Å²) in [5, 5.41) is 12.4. The van der Waals surface area contributed by atoms with E-state index >= 15 is 0 Å². The highest BCUT2D eigenvalue weighted by atomic mass is 19.1. The fourth-order valence-corrected chi connectivity index (χ4v) is 5.53. The summed E-state index contributed by atoms with van der Waals surface area (Å²) in [6, 6.07) is 11.0. The van der Waals surface area contributed by atoms with E-state index in [2.05, 4.69) is 28.2 Å². The monoisotopic (exact) mass is 449 g/mol. The van der Waals surface area contributed by atoms with Gasteiger partial charge in [0.25, 0.3) is 0 Å². The number of likely N-dealkylation sites (tertiary alicyclic amines) is 1. The van der Waals surface area contributed by atoms with E-state index in [9.17, 15) is 9.18 Å². The maximum Gasteiger partial charge on any atom is 0.236 e. The molecule has 172 valence electrons. The zero-order valence-corrected chi connectivity index (χ0v) is 18.9. The Morgan fingerprint density at radius 1 is 1.33 bits per heavy atom. The molecule has 2 aromatic rings. The lowest BCUT2D eigenvalue weighted by atomic mass is 10.0. The van der Waals surface area contributed by atoms with Gasteiger partial charge in [0, 0.05) is 30.9 Å². The van der Waals surface area contributed by atoms with E-state index in [1.807, 2.05) is 11.0 Å². The molecule has 3 atom stereocenters. The minimum atomic E-state index is -0.535. The smallest absolute Gasteiger partial charge is 0.236 e. The number of hydrogen-bond acceptors (Lipinski definition) is 6. The quantitative estimate of drug-likeness (QED) is 0.731. The third-order valence-electron chi connectivity index (χ3n) is 7.39. The highest BCUT2D eigenvalue weighted by molar-refractivity contribution is 5.79. The number of carbonyl (C=O) groups excluding carboxylic acids is 1. The van der Waals surface area contributed by atoms with E-state index in [4.69, 9.17) is 10.00 Å². The van der Waals surface area contributed by atoms with Gasteiger partial charge in [-0.3, -0.25) is 10.1 Å². The number of nitrogens with one attached hydrogen (secondary N) is 1. The molecule has 1 amide bonds. The van der Waals surface area contributed by atoms with E-state index in [1.54, 1.807) is 31.5 Å². The molecule has 1 N–H and O–H groups in total. The molecule has 2 saturated heterocycles. The number of nitriles is 1. The van der Waals surface area contributed by atoms with Crippen LogP contribution in [-0.2, 0) is 10.3 Å². The number of benzene rings is 1. The van der Waals surface area contributed by atoms with Gasteiger partial charge in [0.2, 0.25) is 5.91 Å². The van der Waals surface area contributed by atoms with Crippen LogP contribution in [0.2, 0.25) is 0 Å². The lowest BCUT2D eigenvalue weighted by Crippen LogP contribution is -2.58. The second-order valence-corrected chi connectivity index (χ2v) is 9.41. The number of hydrogen-bond donors (Lipinski definition) is 1. The number of carbonyl (C=O) groups is 1. The molecule has 5 rings (SSSR count). The molecule has 3 aliphatic rings. The molecule has 3 heterocycles. The standard InChI is InChI=1S/C25H28FN5O2/c1-16-10-18-14-30(15-20(16)31(18)22-7-6-17(11-27)12-28-22)23(32)13-29-25(8-9-25)24-19(26)4-3-5-21(24)33-2/h3-7,12,16,18,20,29H,8-10,13-15H2,1-2H3/t16-,18?,20?/m0/s1. The SMILES string of the molecule is COc1cccc(F)c1C1(NCC(=O)N2CC3C[C@H](C)C(C2)N3c2ccc(C#N)cn2)CC1. The van der Waals surface area contributed by atoms with Crippen LogP contribution in [0.4, 0.5) is 10.2 Å². The van der Waals surface area contributed by atoms with Gasteiger partial charge in [-0.05, 0) is 49.4 Å². The highest BCUT2D eigenvalue weighted by Crippen LogP contribution is 2.50. The first-order chi connectivity index (χ1) is 16.0. The summed E-state index contributed by atoms with van der Waals surface area (Å²) in [4.78, 5) is 21.9. The van der Waals surface area contributed by atoms with Crippen LogP contribution in [0.5, 0.6) is 5.75 Å². The number of rotatable bonds is 6. The first kappa shape index (κ1) is 21.7. The number of anilines is 1. The van der Waals surface area contributed by atoms with Crippen LogP contribution in [0.1, 0.15) is 37.3 Å². The Balaban J connectivity index is 1.27. The van der Waals surface area contributed by atoms with Gasteiger partial charge in [-0.1, -0.05) is 13.0 Å². The van der Waals surface area contributed by atoms with Crippen LogP contribution in [0.15, 0.2) is 36.5 Å². The molecule has 2 bridgehead atoms. The molecule has 8 heteroatoms. The molecule has 2 aliphatic heterocycles. The number of halogens is 1. The van der Waals surface area contributed by atoms with Crippen molar-refractivity contribution in [3.63, 3.8) is 0 Å². The van der Waals surface area contributed by atoms with Crippen molar-refractivity contribution in [3.05, 3.63) is 53.5 Å². The van der Waals surface area contributed by atoms with Crippen molar-refractivity contribution in [1.29, 1.82) is 5.26 Å². The molecular weight excluding hydrogens is 421 g/mol. The Bertz CT molecular complexity index is 1090. The number of methoxy groups -OCH3 is 1. The third-order valence-corrected chi connectivity index (χ3v) is 7.39. The van der Waals surface area contributed by atoms with Gasteiger partial charge in [0.15, 0.2) is 0 Å². The Kier molecular flexibility index (Phi) is 5.45. The van der Waals surface area contributed by atoms with Crippen molar-refractivity contribution < 1.29 is 13.9 Å². The van der Waals surface area contributed by atoms with Crippen molar-refractivity contribution in [2.75, 3.05) is 31.6 Å². The summed E-state index contributed by atoms with van der Waals surface area (Å²) in [5.41, 5.74) is 0.526. The van der Waals surface area contributed by atoms with Crippen LogP contribution in [0, 0.1) is 23.1 Å². The van der Waals surface area contributed by atoms with E-state index in [0.29, 0.717) is 35.9 Å². The van der Waals surface area contributed by atoms with Gasteiger partial charge >= 0.3 is 0 Å². The van der Waals surface area contributed by atoms with Crippen LogP contribution >= 0.6 is 0 Å². The van der Waals surface area contributed by atoms with Crippen LogP contribution in [0.25, 0.3) is 0 Å². The average Bonchev–Trinajstić information content (AvgIpc) is 3.58. The largest absolute Gasteiger partial charge is 0.496 e. The summed E-state index contributed by atoms with van der Waals surface area (Å²) in [7, 11) is 1.54. The maximum absolute atomic E-state index is 14.6. The molecule has 0 radical (unpaired) electrons. The second kappa shape index (κ2) is 8.31. The number of aromatic nitrogens is 1. The van der Waals surface area contributed by atoms with Crippen LogP contribution in [-0.4, -0.2) is 54.6 Å². The summed E-state index contributed by atoms with van der Waals surface area (Å²) in [5.74, 6) is 1.55. The lowest BCUT2D eigenvalue weighted by molar-refractivity contribution is -0.131. The first-order valence-corrected chi connectivity index (χ1v) is 11.5. The topological polar surface area (TPSA) is 81.5 Å². The van der Waals surface area contributed by atoms with Gasteiger partial charge in [0.1, 0.15) is 23.5 Å². The average molecular weight is 450 g/mol. The number of pyridine rings is 1. The second-order valence-electron chi connectivity index (χ2n) is 9.41. The van der Waals surface area contributed by atoms with Gasteiger partial charge in [-0.15, -0.1) is 0 Å². The molecule has 1 aliphatic carbocycles. The van der Waals surface area contributed by atoms with E-state index in [-0.39, 0.29) is 30.4 Å². The van der Waals surface area contributed by atoms with Crippen molar-refractivity contribution in [1.82, 2.24) is 15.2 Å². The minimum absolute atomic E-state index is 0.0353. The number of nitrogens with zero attached hydrogens (tertiary/aromatic N) is 4. The van der Waals surface area contributed by atoms with Gasteiger partial charge in [-0.2, -0.15) is 5.26 Å². The summed E-state index contributed by atoms with van der Waals surface area (Å²) in [6.45, 7) is 3.66. The Morgan fingerprint density at radius 3 is 2.79 bits per heavy atom. The maximum atomic E-state index is 14.6. The normalized spacial score (nSPS) is 25.0. The first-order valence-electron chi connectivity index (χ1n) is 11.5. The van der Waals surface area contributed by atoms with Crippen molar-refractivity contribution in [2.45, 2.75) is 43.8 Å². The minimum Gasteiger partial charge on any atom is -0.496 e. The van der Waals surface area contributed by atoms with E-state index in [0.717, 1.165) is 25.1 Å². The third kappa shape index (κ3) is 3.80. The van der Waals surface area contributed by atoms with E-state index < -0.39 is 5.54 Å². The van der Waals surface area contributed by atoms with Gasteiger partial charge in [0.05, 0.1) is 30.8 Å². The molecule has 3 fully saturated rings. The number of ether oxygens (including phenoxy) is 1. The molecule has 33 heavy (non-hydrogen) atoms. The zero-order chi connectivity index (χ0) is 23.2. The predicted octanol–water partition coefficient (Wildman–Crippen LogP) is 2.81. The van der Waals surface area contributed by atoms with Crippen molar-refractivity contribution >= 4 is 11.7 Å². The fraction of sp³-hybridized carbons (Fsp3) is 0.480. The Morgan fingerprint density at radius 2 is 2.15 bits per heavy atom. The summed E-state index contributed by atoms with van der Waals surface area (Å²) >= 11 is 0. The zero-order valence-electron chi connectivity index (χ0n) is 18.9. The molecule has 1 saturated carbocycles. The molecule has 1 aromatic heterocycles. The van der Waals surface area contributed by atoms with E-state index in [1.165, 1.54) is 6.07 Å². The van der Waals surface area contributed by atoms with Crippen LogP contribution in [0.3, 0.4) is 0 Å².